The number of fused-ring (bicyclic) bond motifs is 2. The number of pyridine rings is 1. The third-order valence-electron chi connectivity index (χ3n) is 3.46. The van der Waals surface area contributed by atoms with Gasteiger partial charge in [0.15, 0.2) is 6.29 Å². The van der Waals surface area contributed by atoms with Crippen molar-refractivity contribution in [1.82, 2.24) is 4.98 Å². The first-order valence-corrected chi connectivity index (χ1v) is 5.92. The molecule has 1 aliphatic rings. The lowest BCUT2D eigenvalue weighted by Crippen LogP contribution is -2.12. The molecule has 0 saturated carbocycles. The lowest BCUT2D eigenvalue weighted by Gasteiger charge is -2.16. The molecule has 1 N–H and O–H groups in total. The summed E-state index contributed by atoms with van der Waals surface area (Å²) in [6.07, 6.45) is 5.23. The van der Waals surface area contributed by atoms with Gasteiger partial charge in [-0.1, -0.05) is 0 Å². The smallest absolute Gasteiger partial charge is 0.259 e. The van der Waals surface area contributed by atoms with Crippen molar-refractivity contribution in [3.05, 3.63) is 45.2 Å². The Kier molecular flexibility index (Phi) is 2.32. The zero-order chi connectivity index (χ0) is 11.8. The molecule has 3 rings (SSSR count). The van der Waals surface area contributed by atoms with Crippen LogP contribution in [0.1, 0.15) is 34.3 Å². The maximum atomic E-state index is 11.5. The van der Waals surface area contributed by atoms with Crippen LogP contribution >= 0.6 is 0 Å². The first-order chi connectivity index (χ1) is 8.28. The molecule has 1 heterocycles. The average molecular weight is 227 g/mol. The number of benzene rings is 1. The molecule has 0 unspecified atom stereocenters. The van der Waals surface area contributed by atoms with Crippen molar-refractivity contribution < 1.29 is 4.79 Å². The number of aromatic amines is 1. The fourth-order valence-electron chi connectivity index (χ4n) is 2.55. The van der Waals surface area contributed by atoms with E-state index < -0.39 is 0 Å². The molecule has 0 spiro atoms. The van der Waals surface area contributed by atoms with Crippen LogP contribution in [0.15, 0.2) is 23.0 Å². The number of aryl methyl sites for hydroxylation is 2. The summed E-state index contributed by atoms with van der Waals surface area (Å²) in [5.74, 6) is 0. The van der Waals surface area contributed by atoms with Crippen LogP contribution in [0.25, 0.3) is 10.9 Å². The van der Waals surface area contributed by atoms with Gasteiger partial charge in [-0.3, -0.25) is 9.59 Å². The average Bonchev–Trinajstić information content (AvgIpc) is 2.35. The summed E-state index contributed by atoms with van der Waals surface area (Å²) in [6.45, 7) is 0. The van der Waals surface area contributed by atoms with E-state index >= 15 is 0 Å². The van der Waals surface area contributed by atoms with Crippen LogP contribution in [0.2, 0.25) is 0 Å². The zero-order valence-electron chi connectivity index (χ0n) is 9.45. The fraction of sp³-hybridized carbons (Fsp3) is 0.286. The minimum absolute atomic E-state index is 0.202. The largest absolute Gasteiger partial charge is 0.321 e. The number of carbonyl (C=O) groups excluding carboxylic acids is 1. The molecular weight excluding hydrogens is 214 g/mol. The van der Waals surface area contributed by atoms with Crippen LogP contribution < -0.4 is 5.56 Å². The number of nitrogens with one attached hydrogen (secondary N) is 1. The fourth-order valence-corrected chi connectivity index (χ4v) is 2.55. The molecule has 86 valence electrons. The van der Waals surface area contributed by atoms with E-state index in [0.29, 0.717) is 6.29 Å². The molecule has 0 atom stereocenters. The van der Waals surface area contributed by atoms with E-state index in [-0.39, 0.29) is 11.1 Å². The van der Waals surface area contributed by atoms with E-state index in [1.807, 2.05) is 0 Å². The van der Waals surface area contributed by atoms with Crippen LogP contribution in [0.5, 0.6) is 0 Å². The number of aromatic nitrogens is 1. The minimum atomic E-state index is -0.303. The first-order valence-electron chi connectivity index (χ1n) is 5.92. The normalized spacial score (nSPS) is 14.6. The van der Waals surface area contributed by atoms with Gasteiger partial charge in [0, 0.05) is 5.52 Å². The lowest BCUT2D eigenvalue weighted by molar-refractivity contribution is 0.112. The topological polar surface area (TPSA) is 49.9 Å². The minimum Gasteiger partial charge on any atom is -0.321 e. The van der Waals surface area contributed by atoms with Crippen molar-refractivity contribution in [3.8, 4) is 0 Å². The molecule has 3 nitrogen and oxygen atoms in total. The predicted octanol–water partition coefficient (Wildman–Crippen LogP) is 2.22. The second kappa shape index (κ2) is 3.84. The van der Waals surface area contributed by atoms with Crippen LogP contribution in [0.4, 0.5) is 0 Å². The number of carbonyl (C=O) groups is 1. The molecule has 0 saturated heterocycles. The first kappa shape index (κ1) is 10.3. The zero-order valence-corrected chi connectivity index (χ0v) is 9.45. The number of hydrogen-bond acceptors (Lipinski definition) is 2. The van der Waals surface area contributed by atoms with Crippen molar-refractivity contribution in [2.45, 2.75) is 25.7 Å². The molecular formula is C14H13NO2. The molecule has 0 radical (unpaired) electrons. The van der Waals surface area contributed by atoms with Crippen molar-refractivity contribution in [2.75, 3.05) is 0 Å². The summed E-state index contributed by atoms with van der Waals surface area (Å²) in [7, 11) is 0. The molecule has 1 aromatic heterocycles. The van der Waals surface area contributed by atoms with E-state index in [1.54, 1.807) is 6.07 Å². The quantitative estimate of drug-likeness (QED) is 0.759. The van der Waals surface area contributed by atoms with E-state index in [4.69, 9.17) is 0 Å². The van der Waals surface area contributed by atoms with Crippen LogP contribution in [-0.2, 0) is 12.8 Å². The highest BCUT2D eigenvalue weighted by Crippen LogP contribution is 2.25. The summed E-state index contributed by atoms with van der Waals surface area (Å²) < 4.78 is 0. The lowest BCUT2D eigenvalue weighted by atomic mass is 9.90. The van der Waals surface area contributed by atoms with Gasteiger partial charge in [-0.05, 0) is 60.4 Å². The van der Waals surface area contributed by atoms with Crippen molar-refractivity contribution in [1.29, 1.82) is 0 Å². The highest BCUT2D eigenvalue weighted by atomic mass is 16.1. The highest BCUT2D eigenvalue weighted by molar-refractivity contribution is 5.86. The van der Waals surface area contributed by atoms with Crippen molar-refractivity contribution in [3.63, 3.8) is 0 Å². The molecule has 3 heteroatoms. The summed E-state index contributed by atoms with van der Waals surface area (Å²) in [5.41, 5.74) is 3.42. The van der Waals surface area contributed by atoms with Gasteiger partial charge in [0.05, 0.1) is 5.56 Å². The maximum Gasteiger partial charge on any atom is 0.259 e. The molecule has 0 bridgehead atoms. The third-order valence-corrected chi connectivity index (χ3v) is 3.46. The number of aldehydes is 1. The Balaban J connectivity index is 2.30. The Hall–Kier alpha value is -1.90. The van der Waals surface area contributed by atoms with Gasteiger partial charge in [0.25, 0.3) is 5.56 Å². The Labute approximate surface area is 98.5 Å². The van der Waals surface area contributed by atoms with E-state index in [9.17, 15) is 9.59 Å². The van der Waals surface area contributed by atoms with Gasteiger partial charge >= 0.3 is 0 Å². The standard InChI is InChI=1S/C14H13NO2/c16-8-12-6-11-5-9-3-1-2-4-10(9)7-13(11)15-14(12)17/h5-8H,1-4H2,(H,15,17). The van der Waals surface area contributed by atoms with Crippen molar-refractivity contribution >= 4 is 17.2 Å². The SMILES string of the molecule is O=Cc1cc2cc3c(cc2[nH]c1=O)CCCC3. The van der Waals surface area contributed by atoms with Gasteiger partial charge in [-0.25, -0.2) is 0 Å². The van der Waals surface area contributed by atoms with Crippen LogP contribution in [-0.4, -0.2) is 11.3 Å². The summed E-state index contributed by atoms with van der Waals surface area (Å²) in [6, 6.07) is 5.84. The monoisotopic (exact) mass is 227 g/mol. The molecule has 0 fully saturated rings. The Morgan fingerprint density at radius 1 is 1.06 bits per heavy atom. The van der Waals surface area contributed by atoms with Gasteiger partial charge in [-0.2, -0.15) is 0 Å². The second-order valence-corrected chi connectivity index (χ2v) is 4.59. The maximum absolute atomic E-state index is 11.5. The number of rotatable bonds is 1. The van der Waals surface area contributed by atoms with E-state index in [1.165, 1.54) is 24.0 Å². The predicted molar refractivity (Wildman–Crippen MR) is 66.6 cm³/mol. The van der Waals surface area contributed by atoms with Crippen LogP contribution in [0, 0.1) is 0 Å². The van der Waals surface area contributed by atoms with Gasteiger partial charge in [0.2, 0.25) is 0 Å². The van der Waals surface area contributed by atoms with Gasteiger partial charge < -0.3 is 4.98 Å². The molecule has 1 aliphatic carbocycles. The molecule has 2 aromatic rings. The Morgan fingerprint density at radius 3 is 2.47 bits per heavy atom. The Morgan fingerprint density at radius 2 is 1.76 bits per heavy atom. The van der Waals surface area contributed by atoms with Gasteiger partial charge in [-0.15, -0.1) is 0 Å². The second-order valence-electron chi connectivity index (χ2n) is 4.59. The van der Waals surface area contributed by atoms with Crippen molar-refractivity contribution in [2.24, 2.45) is 0 Å². The Bertz CT molecular complexity index is 655. The number of hydrogen-bond donors (Lipinski definition) is 1. The van der Waals surface area contributed by atoms with Crippen LogP contribution in [0.3, 0.4) is 0 Å². The van der Waals surface area contributed by atoms with Gasteiger partial charge in [0.1, 0.15) is 0 Å². The summed E-state index contributed by atoms with van der Waals surface area (Å²) in [5, 5.41) is 0.951. The molecule has 0 amide bonds. The molecule has 1 aromatic carbocycles. The highest BCUT2D eigenvalue weighted by Gasteiger charge is 2.11. The summed E-state index contributed by atoms with van der Waals surface area (Å²) in [4.78, 5) is 25.1. The summed E-state index contributed by atoms with van der Waals surface area (Å²) >= 11 is 0. The molecule has 0 aliphatic heterocycles. The van der Waals surface area contributed by atoms with E-state index in [2.05, 4.69) is 17.1 Å². The molecule has 17 heavy (non-hydrogen) atoms. The number of H-pyrrole nitrogens is 1. The van der Waals surface area contributed by atoms with E-state index in [0.717, 1.165) is 23.7 Å². The third kappa shape index (κ3) is 1.68.